The summed E-state index contributed by atoms with van der Waals surface area (Å²) >= 11 is 0. The Balaban J connectivity index is 1.73. The van der Waals surface area contributed by atoms with Gasteiger partial charge in [0.05, 0.1) is 6.20 Å². The molecule has 2 aromatic heterocycles. The first-order valence-electron chi connectivity index (χ1n) is 10.8. The first kappa shape index (κ1) is 21.8. The molecular formula is C22H28N6O4. The normalized spacial score (nSPS) is 20.1. The molecule has 2 aromatic rings. The number of hydrogen-bond acceptors (Lipinski definition) is 6. The van der Waals surface area contributed by atoms with Crippen molar-refractivity contribution in [1.82, 2.24) is 24.8 Å². The van der Waals surface area contributed by atoms with Crippen LogP contribution in [0.4, 0.5) is 0 Å². The summed E-state index contributed by atoms with van der Waals surface area (Å²) in [7, 11) is 0. The highest BCUT2D eigenvalue weighted by Gasteiger charge is 2.31. The molecule has 0 aromatic carbocycles. The number of carbonyl (C=O) groups is 2. The second-order valence-corrected chi connectivity index (χ2v) is 9.24. The molecule has 10 nitrogen and oxygen atoms in total. The number of amides is 2. The maximum Gasteiger partial charge on any atom is 0.270 e. The number of fused-ring (bicyclic) bond motifs is 1. The van der Waals surface area contributed by atoms with E-state index < -0.39 is 23.3 Å². The molecule has 1 unspecified atom stereocenters. The highest BCUT2D eigenvalue weighted by molar-refractivity contribution is 6.01. The van der Waals surface area contributed by atoms with Crippen molar-refractivity contribution in [3.63, 3.8) is 0 Å². The highest BCUT2D eigenvalue weighted by Crippen LogP contribution is 2.25. The Labute approximate surface area is 185 Å². The molecule has 1 aliphatic heterocycles. The fraction of sp³-hybridized carbons (Fsp3) is 0.500. The first-order chi connectivity index (χ1) is 15.2. The second-order valence-electron chi connectivity index (χ2n) is 9.24. The Bertz CT molecular complexity index is 1190. The summed E-state index contributed by atoms with van der Waals surface area (Å²) in [5.74, 6) is -1.56. The lowest BCUT2D eigenvalue weighted by atomic mass is 9.86. The molecule has 0 radical (unpaired) electrons. The Hall–Kier alpha value is -3.43. The van der Waals surface area contributed by atoms with Crippen molar-refractivity contribution in [1.29, 1.82) is 0 Å². The highest BCUT2D eigenvalue weighted by atomic mass is 16.3. The fourth-order valence-corrected chi connectivity index (χ4v) is 3.69. The van der Waals surface area contributed by atoms with Gasteiger partial charge < -0.3 is 15.7 Å². The van der Waals surface area contributed by atoms with Gasteiger partial charge in [0.2, 0.25) is 5.88 Å². The topological polar surface area (TPSA) is 130 Å². The van der Waals surface area contributed by atoms with Crippen LogP contribution in [0, 0.1) is 11.3 Å². The molecule has 3 heterocycles. The van der Waals surface area contributed by atoms with Crippen LogP contribution in [-0.4, -0.2) is 49.9 Å². The Morgan fingerprint density at radius 3 is 2.69 bits per heavy atom. The van der Waals surface area contributed by atoms with E-state index in [9.17, 15) is 19.5 Å². The minimum absolute atomic E-state index is 0.0229. The van der Waals surface area contributed by atoms with Crippen LogP contribution in [0.2, 0.25) is 0 Å². The van der Waals surface area contributed by atoms with E-state index >= 15 is 0 Å². The number of aliphatic imine (C=N–C) groups is 1. The van der Waals surface area contributed by atoms with Crippen molar-refractivity contribution in [2.75, 3.05) is 6.54 Å². The monoisotopic (exact) mass is 440 g/mol. The number of aromatic hydroxyl groups is 1. The molecule has 2 amide bonds. The maximum absolute atomic E-state index is 13.3. The molecule has 32 heavy (non-hydrogen) atoms. The van der Waals surface area contributed by atoms with Gasteiger partial charge in [-0.25, -0.2) is 0 Å². The predicted octanol–water partition coefficient (Wildman–Crippen LogP) is 1.47. The molecule has 1 fully saturated rings. The average Bonchev–Trinajstić information content (AvgIpc) is 3.43. The average molecular weight is 441 g/mol. The van der Waals surface area contributed by atoms with Crippen molar-refractivity contribution in [3.8, 4) is 5.88 Å². The van der Waals surface area contributed by atoms with Gasteiger partial charge in [-0.1, -0.05) is 26.8 Å². The van der Waals surface area contributed by atoms with E-state index in [2.05, 4.69) is 20.7 Å². The van der Waals surface area contributed by atoms with Gasteiger partial charge in [-0.2, -0.15) is 9.61 Å². The van der Waals surface area contributed by atoms with E-state index in [0.29, 0.717) is 13.0 Å². The van der Waals surface area contributed by atoms with Gasteiger partial charge in [-0.15, -0.1) is 0 Å². The summed E-state index contributed by atoms with van der Waals surface area (Å²) in [6, 6.07) is 0.0229. The zero-order valence-corrected chi connectivity index (χ0v) is 18.5. The van der Waals surface area contributed by atoms with Gasteiger partial charge in [0, 0.05) is 37.0 Å². The van der Waals surface area contributed by atoms with E-state index in [-0.39, 0.29) is 40.7 Å². The summed E-state index contributed by atoms with van der Waals surface area (Å²) in [6.45, 7) is 6.49. The van der Waals surface area contributed by atoms with Crippen molar-refractivity contribution < 1.29 is 14.7 Å². The molecule has 0 saturated heterocycles. The number of nitrogens with one attached hydrogen (secondary N) is 2. The molecule has 10 heteroatoms. The van der Waals surface area contributed by atoms with E-state index in [0.717, 1.165) is 17.4 Å². The van der Waals surface area contributed by atoms with Crippen molar-refractivity contribution >= 4 is 23.7 Å². The van der Waals surface area contributed by atoms with Gasteiger partial charge in [0.1, 0.15) is 5.56 Å². The molecule has 170 valence electrons. The summed E-state index contributed by atoms with van der Waals surface area (Å²) < 4.78 is 2.44. The first-order valence-corrected chi connectivity index (χ1v) is 10.8. The molecule has 1 atom stereocenters. The summed E-state index contributed by atoms with van der Waals surface area (Å²) in [5.41, 5.74) is -0.959. The largest absolute Gasteiger partial charge is 0.492 e. The van der Waals surface area contributed by atoms with E-state index in [1.807, 2.05) is 26.8 Å². The lowest BCUT2D eigenvalue weighted by Crippen LogP contribution is -2.38. The quantitative estimate of drug-likeness (QED) is 0.600. The number of hydrogen-bond donors (Lipinski definition) is 3. The molecule has 1 aliphatic carbocycles. The third kappa shape index (κ3) is 4.17. The number of carbonyl (C=O) groups excluding carboxylic acids is 2. The molecule has 0 bridgehead atoms. The van der Waals surface area contributed by atoms with E-state index in [4.69, 9.17) is 0 Å². The molecule has 3 N–H and O–H groups in total. The third-order valence-corrected chi connectivity index (χ3v) is 5.69. The number of nitrogens with zero attached hydrogens (tertiary/aromatic N) is 4. The summed E-state index contributed by atoms with van der Waals surface area (Å²) in [4.78, 5) is 43.0. The van der Waals surface area contributed by atoms with Gasteiger partial charge in [-0.05, 0) is 25.2 Å². The molecule has 0 spiro atoms. The van der Waals surface area contributed by atoms with Crippen LogP contribution >= 0.6 is 0 Å². The van der Waals surface area contributed by atoms with Crippen LogP contribution in [0.1, 0.15) is 60.7 Å². The standard InChI is InChI=1S/C22H28N6O4/c1-13(2)11-27-19-15(17(29)24-12-22(3)6-8-23-9-7-22)10-25-28(19)21(32)16(20(27)31)18(30)26-14-4-5-14/h6,8-10,13-14,32H,4-5,7,11-12H2,1-3H3,(H,24,29)(H,26,30). The summed E-state index contributed by atoms with van der Waals surface area (Å²) in [5, 5.41) is 20.5. The van der Waals surface area contributed by atoms with Crippen LogP contribution in [0.5, 0.6) is 5.88 Å². The fourth-order valence-electron chi connectivity index (χ4n) is 3.69. The maximum atomic E-state index is 13.3. The SMILES string of the molecule is CC(C)Cn1c(=O)c(C(=O)NC2CC2)c(O)n2ncc(C(=O)NCC3(C)C=CN=CC3)c12. The van der Waals surface area contributed by atoms with Crippen molar-refractivity contribution in [2.45, 2.75) is 52.6 Å². The number of rotatable bonds is 7. The van der Waals surface area contributed by atoms with E-state index in [1.165, 1.54) is 10.8 Å². The van der Waals surface area contributed by atoms with Crippen LogP contribution in [0.25, 0.3) is 5.65 Å². The predicted molar refractivity (Wildman–Crippen MR) is 119 cm³/mol. The zero-order valence-electron chi connectivity index (χ0n) is 18.5. The smallest absolute Gasteiger partial charge is 0.270 e. The molecular weight excluding hydrogens is 412 g/mol. The second kappa shape index (κ2) is 8.25. The Morgan fingerprint density at radius 1 is 1.31 bits per heavy atom. The van der Waals surface area contributed by atoms with Gasteiger partial charge in [0.25, 0.3) is 17.4 Å². The lowest BCUT2D eigenvalue weighted by Gasteiger charge is -2.26. The number of aromatic nitrogens is 3. The minimum atomic E-state index is -0.644. The third-order valence-electron chi connectivity index (χ3n) is 5.69. The molecule has 2 aliphatic rings. The van der Waals surface area contributed by atoms with Crippen molar-refractivity contribution in [2.24, 2.45) is 16.3 Å². The molecule has 1 saturated carbocycles. The van der Waals surface area contributed by atoms with Crippen LogP contribution in [0.3, 0.4) is 0 Å². The molecule has 4 rings (SSSR count). The van der Waals surface area contributed by atoms with Crippen LogP contribution < -0.4 is 16.2 Å². The van der Waals surface area contributed by atoms with E-state index in [1.54, 1.807) is 12.4 Å². The Kier molecular flexibility index (Phi) is 5.62. The summed E-state index contributed by atoms with van der Waals surface area (Å²) in [6.07, 6.45) is 9.14. The lowest BCUT2D eigenvalue weighted by molar-refractivity contribution is 0.0937. The Morgan fingerprint density at radius 2 is 2.06 bits per heavy atom. The van der Waals surface area contributed by atoms with Gasteiger partial charge >= 0.3 is 0 Å². The van der Waals surface area contributed by atoms with Crippen molar-refractivity contribution in [3.05, 3.63) is 40.0 Å². The van der Waals surface area contributed by atoms with Gasteiger partial charge in [0.15, 0.2) is 11.2 Å². The van der Waals surface area contributed by atoms with Gasteiger partial charge in [-0.3, -0.25) is 23.9 Å². The van der Waals surface area contributed by atoms with Crippen LogP contribution in [0.15, 0.2) is 28.3 Å². The minimum Gasteiger partial charge on any atom is -0.492 e. The van der Waals surface area contributed by atoms with Crippen LogP contribution in [-0.2, 0) is 6.54 Å². The zero-order chi connectivity index (χ0) is 23.0.